The highest BCUT2D eigenvalue weighted by Crippen LogP contribution is 2.16. The highest BCUT2D eigenvalue weighted by Gasteiger charge is 2.14. The van der Waals surface area contributed by atoms with Gasteiger partial charge in [0.15, 0.2) is 6.61 Å². The maximum absolute atomic E-state index is 11.9. The van der Waals surface area contributed by atoms with Crippen molar-refractivity contribution < 1.29 is 19.4 Å². The molecule has 1 amide bonds. The summed E-state index contributed by atoms with van der Waals surface area (Å²) in [6.07, 6.45) is -0.703. The van der Waals surface area contributed by atoms with Crippen molar-refractivity contribution in [2.45, 2.75) is 12.6 Å². The van der Waals surface area contributed by atoms with Gasteiger partial charge in [-0.15, -0.1) is 0 Å². The molecule has 0 aromatic heterocycles. The summed E-state index contributed by atoms with van der Waals surface area (Å²) in [7, 11) is 3.11. The second-order valence-corrected chi connectivity index (χ2v) is 4.48. The van der Waals surface area contributed by atoms with E-state index in [9.17, 15) is 9.90 Å². The van der Waals surface area contributed by atoms with Crippen molar-refractivity contribution >= 4 is 5.91 Å². The molecule has 0 fully saturated rings. The van der Waals surface area contributed by atoms with Crippen LogP contribution in [0.1, 0.15) is 5.56 Å². The van der Waals surface area contributed by atoms with Crippen molar-refractivity contribution in [3.63, 3.8) is 0 Å². The van der Waals surface area contributed by atoms with Gasteiger partial charge in [-0.25, -0.2) is 0 Å². The third-order valence-electron chi connectivity index (χ3n) is 2.81. The molecule has 0 radical (unpaired) electrons. The second-order valence-electron chi connectivity index (χ2n) is 4.48. The van der Waals surface area contributed by atoms with Gasteiger partial charge in [0.2, 0.25) is 0 Å². The lowest BCUT2D eigenvalue weighted by atomic mass is 10.2. The van der Waals surface area contributed by atoms with Gasteiger partial charge in [-0.2, -0.15) is 0 Å². The maximum Gasteiger partial charge on any atom is 0.260 e. The van der Waals surface area contributed by atoms with E-state index in [-0.39, 0.29) is 25.7 Å². The van der Waals surface area contributed by atoms with Crippen LogP contribution in [0.25, 0.3) is 0 Å². The first-order chi connectivity index (χ1) is 9.58. The zero-order valence-corrected chi connectivity index (χ0v) is 11.9. The van der Waals surface area contributed by atoms with E-state index >= 15 is 0 Å². The maximum atomic E-state index is 11.9. The number of aliphatic hydroxyl groups excluding tert-OH is 1. The van der Waals surface area contributed by atoms with Gasteiger partial charge in [-0.3, -0.25) is 4.79 Å². The number of ether oxygens (including phenoxy) is 2. The van der Waals surface area contributed by atoms with Crippen LogP contribution in [0.15, 0.2) is 24.3 Å². The number of rotatable bonds is 8. The summed E-state index contributed by atoms with van der Waals surface area (Å²) < 4.78 is 10.3. The predicted molar refractivity (Wildman–Crippen MR) is 75.3 cm³/mol. The number of nitrogens with zero attached hydrogens (tertiary/aromatic N) is 1. The minimum atomic E-state index is -0.703. The molecule has 112 valence electrons. The zero-order chi connectivity index (χ0) is 15.0. The van der Waals surface area contributed by atoms with Crippen LogP contribution in [-0.2, 0) is 16.1 Å². The number of nitrogens with two attached hydrogens (primary N) is 1. The highest BCUT2D eigenvalue weighted by molar-refractivity contribution is 5.77. The van der Waals surface area contributed by atoms with Crippen LogP contribution >= 0.6 is 0 Å². The fourth-order valence-corrected chi connectivity index (χ4v) is 1.73. The highest BCUT2D eigenvalue weighted by atomic mass is 16.5. The molecule has 0 aliphatic rings. The lowest BCUT2D eigenvalue weighted by Gasteiger charge is -2.20. The fourth-order valence-electron chi connectivity index (χ4n) is 1.73. The molecule has 6 heteroatoms. The van der Waals surface area contributed by atoms with E-state index in [1.807, 2.05) is 18.2 Å². The van der Waals surface area contributed by atoms with Crippen LogP contribution in [0.5, 0.6) is 5.75 Å². The van der Waals surface area contributed by atoms with Crippen LogP contribution in [0.4, 0.5) is 0 Å². The fraction of sp³-hybridized carbons (Fsp3) is 0.500. The summed E-state index contributed by atoms with van der Waals surface area (Å²) in [5.74, 6) is 0.390. The SMILES string of the molecule is COCC(O)CN(C)C(=O)COc1ccccc1CN. The summed E-state index contributed by atoms with van der Waals surface area (Å²) in [6, 6.07) is 7.32. The predicted octanol–water partition coefficient (Wildman–Crippen LogP) is -0.0102. The first-order valence-electron chi connectivity index (χ1n) is 6.40. The Bertz CT molecular complexity index is 425. The minimum absolute atomic E-state index is 0.0901. The van der Waals surface area contributed by atoms with E-state index in [1.54, 1.807) is 13.1 Å². The average molecular weight is 282 g/mol. The molecule has 1 aromatic rings. The van der Waals surface area contributed by atoms with Crippen molar-refractivity contribution in [1.82, 2.24) is 4.90 Å². The van der Waals surface area contributed by atoms with E-state index in [0.717, 1.165) is 5.56 Å². The summed E-state index contributed by atoms with van der Waals surface area (Å²) in [5, 5.41) is 9.56. The number of likely N-dealkylation sites (N-methyl/N-ethyl adjacent to an activating group) is 1. The standard InChI is InChI=1S/C14H22N2O4/c1-16(8-12(17)9-19-2)14(18)10-20-13-6-4-3-5-11(13)7-15/h3-6,12,17H,7-10,15H2,1-2H3. The Hall–Kier alpha value is -1.63. The third kappa shape index (κ3) is 5.16. The smallest absolute Gasteiger partial charge is 0.260 e. The summed E-state index contributed by atoms with van der Waals surface area (Å²) >= 11 is 0. The van der Waals surface area contributed by atoms with E-state index in [4.69, 9.17) is 15.2 Å². The van der Waals surface area contributed by atoms with Crippen molar-refractivity contribution in [2.24, 2.45) is 5.73 Å². The van der Waals surface area contributed by atoms with Gasteiger partial charge in [0, 0.05) is 32.8 Å². The Morgan fingerprint density at radius 2 is 2.15 bits per heavy atom. The lowest BCUT2D eigenvalue weighted by molar-refractivity contribution is -0.133. The molecule has 1 atom stereocenters. The van der Waals surface area contributed by atoms with Gasteiger partial charge in [-0.1, -0.05) is 18.2 Å². The topological polar surface area (TPSA) is 85.0 Å². The molecule has 0 saturated carbocycles. The molecule has 0 aliphatic carbocycles. The number of amides is 1. The van der Waals surface area contributed by atoms with Crippen molar-refractivity contribution in [1.29, 1.82) is 0 Å². The molecule has 0 saturated heterocycles. The Morgan fingerprint density at radius 1 is 1.45 bits per heavy atom. The van der Waals surface area contributed by atoms with Crippen LogP contribution in [0.2, 0.25) is 0 Å². The second kappa shape index (κ2) is 8.52. The number of carbonyl (C=O) groups is 1. The zero-order valence-electron chi connectivity index (χ0n) is 11.9. The van der Waals surface area contributed by atoms with Crippen molar-refractivity contribution in [3.05, 3.63) is 29.8 Å². The molecule has 0 bridgehead atoms. The van der Waals surface area contributed by atoms with Gasteiger partial charge >= 0.3 is 0 Å². The number of hydrogen-bond acceptors (Lipinski definition) is 5. The number of benzene rings is 1. The van der Waals surface area contributed by atoms with Gasteiger partial charge in [0.25, 0.3) is 5.91 Å². The van der Waals surface area contributed by atoms with Crippen LogP contribution in [0.3, 0.4) is 0 Å². The summed E-state index contributed by atoms with van der Waals surface area (Å²) in [6.45, 7) is 0.656. The molecule has 1 rings (SSSR count). The lowest BCUT2D eigenvalue weighted by Crippen LogP contribution is -2.38. The summed E-state index contributed by atoms with van der Waals surface area (Å²) in [4.78, 5) is 13.3. The van der Waals surface area contributed by atoms with E-state index < -0.39 is 6.10 Å². The van der Waals surface area contributed by atoms with E-state index in [2.05, 4.69) is 0 Å². The van der Waals surface area contributed by atoms with Gasteiger partial charge in [-0.05, 0) is 6.07 Å². The van der Waals surface area contributed by atoms with Crippen LogP contribution in [-0.4, -0.2) is 55.9 Å². The molecule has 6 nitrogen and oxygen atoms in total. The number of aliphatic hydroxyl groups is 1. The van der Waals surface area contributed by atoms with Gasteiger partial charge in [0.1, 0.15) is 5.75 Å². The first-order valence-corrected chi connectivity index (χ1v) is 6.40. The normalized spacial score (nSPS) is 12.0. The average Bonchev–Trinajstić information content (AvgIpc) is 2.45. The Morgan fingerprint density at radius 3 is 2.80 bits per heavy atom. The minimum Gasteiger partial charge on any atom is -0.483 e. The van der Waals surface area contributed by atoms with Crippen LogP contribution < -0.4 is 10.5 Å². The number of carbonyl (C=O) groups excluding carboxylic acids is 1. The Balaban J connectivity index is 2.46. The van der Waals surface area contributed by atoms with Crippen molar-refractivity contribution in [2.75, 3.05) is 33.9 Å². The molecule has 0 spiro atoms. The number of methoxy groups -OCH3 is 1. The molecule has 20 heavy (non-hydrogen) atoms. The Kier molecular flexibility index (Phi) is 7.00. The first kappa shape index (κ1) is 16.4. The molecule has 0 aliphatic heterocycles. The van der Waals surface area contributed by atoms with Crippen molar-refractivity contribution in [3.8, 4) is 5.75 Å². The molecule has 0 heterocycles. The quantitative estimate of drug-likeness (QED) is 0.700. The monoisotopic (exact) mass is 282 g/mol. The number of hydrogen-bond donors (Lipinski definition) is 2. The van der Waals surface area contributed by atoms with Gasteiger partial charge < -0.3 is 25.2 Å². The number of para-hydroxylation sites is 1. The third-order valence-corrected chi connectivity index (χ3v) is 2.81. The van der Waals surface area contributed by atoms with E-state index in [1.165, 1.54) is 12.0 Å². The largest absolute Gasteiger partial charge is 0.483 e. The van der Waals surface area contributed by atoms with Crippen LogP contribution in [0, 0.1) is 0 Å². The molecular formula is C14H22N2O4. The van der Waals surface area contributed by atoms with Gasteiger partial charge in [0.05, 0.1) is 12.7 Å². The van der Waals surface area contributed by atoms with E-state index in [0.29, 0.717) is 12.3 Å². The summed E-state index contributed by atoms with van der Waals surface area (Å²) in [5.41, 5.74) is 6.44. The molecule has 1 unspecified atom stereocenters. The molecule has 3 N–H and O–H groups in total. The molecule has 1 aromatic carbocycles. The Labute approximate surface area is 119 Å². The molecular weight excluding hydrogens is 260 g/mol.